The van der Waals surface area contributed by atoms with Gasteiger partial charge in [-0.05, 0) is 50.1 Å². The first-order chi connectivity index (χ1) is 13.9. The lowest BCUT2D eigenvalue weighted by atomic mass is 10.1. The van der Waals surface area contributed by atoms with Crippen LogP contribution in [0.1, 0.15) is 42.3 Å². The molecule has 8 nitrogen and oxygen atoms in total. The molecule has 1 aliphatic heterocycles. The molecule has 2 heterocycles. The molecule has 2 N–H and O–H groups in total. The number of furan rings is 1. The zero-order valence-electron chi connectivity index (χ0n) is 16.3. The Morgan fingerprint density at radius 2 is 2.00 bits per heavy atom. The van der Waals surface area contributed by atoms with Gasteiger partial charge in [-0.25, -0.2) is 8.42 Å². The van der Waals surface area contributed by atoms with Crippen LogP contribution in [0.25, 0.3) is 0 Å². The molecule has 0 radical (unpaired) electrons. The number of nitrogens with zero attached hydrogens (tertiary/aromatic N) is 1. The Balaban J connectivity index is 1.61. The average Bonchev–Trinajstić information content (AvgIpc) is 3.24. The Hall–Kier alpha value is -2.65. The number of sulfonamides is 1. The molecule has 0 unspecified atom stereocenters. The third kappa shape index (κ3) is 5.24. The average molecular weight is 420 g/mol. The van der Waals surface area contributed by atoms with Crippen LogP contribution in [0.5, 0.6) is 0 Å². The van der Waals surface area contributed by atoms with E-state index in [1.54, 1.807) is 12.1 Å². The predicted molar refractivity (Wildman–Crippen MR) is 107 cm³/mol. The lowest BCUT2D eigenvalue weighted by Gasteiger charge is -2.32. The number of hydrogen-bond acceptors (Lipinski definition) is 5. The summed E-state index contributed by atoms with van der Waals surface area (Å²) < 4.78 is 32.5. The Labute approximate surface area is 170 Å². The van der Waals surface area contributed by atoms with Crippen molar-refractivity contribution in [1.82, 2.24) is 14.9 Å². The van der Waals surface area contributed by atoms with Crippen LogP contribution >= 0.6 is 0 Å². The number of carbonyl (C=O) groups is 2. The summed E-state index contributed by atoms with van der Waals surface area (Å²) >= 11 is 0. The minimum Gasteiger partial charge on any atom is -0.467 e. The smallest absolute Gasteiger partial charge is 0.251 e. The van der Waals surface area contributed by atoms with Crippen LogP contribution in [0.15, 0.2) is 52.0 Å². The minimum absolute atomic E-state index is 0.0657. The van der Waals surface area contributed by atoms with Crippen molar-refractivity contribution in [2.24, 2.45) is 0 Å². The Kier molecular flexibility index (Phi) is 6.71. The summed E-state index contributed by atoms with van der Waals surface area (Å²) in [6.45, 7) is 2.38. The topological polar surface area (TPSA) is 109 Å². The predicted octanol–water partition coefficient (Wildman–Crippen LogP) is 1.89. The van der Waals surface area contributed by atoms with E-state index in [9.17, 15) is 18.0 Å². The van der Waals surface area contributed by atoms with E-state index in [2.05, 4.69) is 10.6 Å². The summed E-state index contributed by atoms with van der Waals surface area (Å²) in [5.74, 6) is -0.280. The van der Waals surface area contributed by atoms with E-state index in [1.807, 2.05) is 6.92 Å². The largest absolute Gasteiger partial charge is 0.467 e. The minimum atomic E-state index is -3.67. The van der Waals surface area contributed by atoms with Gasteiger partial charge in [0.1, 0.15) is 5.76 Å². The molecule has 0 saturated carbocycles. The van der Waals surface area contributed by atoms with Gasteiger partial charge in [-0.2, -0.15) is 4.31 Å². The fourth-order valence-electron chi connectivity index (χ4n) is 3.29. The van der Waals surface area contributed by atoms with Gasteiger partial charge in [0, 0.05) is 18.2 Å². The summed E-state index contributed by atoms with van der Waals surface area (Å²) in [6, 6.07) is 9.28. The van der Waals surface area contributed by atoms with E-state index in [0.717, 1.165) is 19.3 Å². The van der Waals surface area contributed by atoms with Gasteiger partial charge in [0.25, 0.3) is 5.91 Å². The first-order valence-electron chi connectivity index (χ1n) is 9.57. The Morgan fingerprint density at radius 3 is 2.72 bits per heavy atom. The highest BCUT2D eigenvalue weighted by Crippen LogP contribution is 2.25. The van der Waals surface area contributed by atoms with Crippen molar-refractivity contribution < 1.29 is 22.4 Å². The van der Waals surface area contributed by atoms with Crippen LogP contribution < -0.4 is 10.6 Å². The molecule has 1 atom stereocenters. The maximum Gasteiger partial charge on any atom is 0.251 e. The van der Waals surface area contributed by atoms with E-state index in [-0.39, 0.29) is 35.5 Å². The van der Waals surface area contributed by atoms with Gasteiger partial charge in [-0.15, -0.1) is 0 Å². The molecule has 0 aliphatic carbocycles. The fraction of sp³-hybridized carbons (Fsp3) is 0.400. The highest BCUT2D eigenvalue weighted by molar-refractivity contribution is 7.89. The number of hydrogen-bond donors (Lipinski definition) is 2. The molecule has 1 fully saturated rings. The van der Waals surface area contributed by atoms with Gasteiger partial charge >= 0.3 is 0 Å². The van der Waals surface area contributed by atoms with E-state index in [0.29, 0.717) is 12.3 Å². The van der Waals surface area contributed by atoms with Crippen molar-refractivity contribution >= 4 is 21.8 Å². The highest BCUT2D eigenvalue weighted by atomic mass is 32.2. The quantitative estimate of drug-likeness (QED) is 0.712. The number of amides is 2. The molecule has 9 heteroatoms. The summed E-state index contributed by atoms with van der Waals surface area (Å²) in [5, 5.41) is 5.13. The molecule has 0 spiro atoms. The number of benzene rings is 1. The van der Waals surface area contributed by atoms with Gasteiger partial charge in [0.2, 0.25) is 15.9 Å². The zero-order chi connectivity index (χ0) is 20.9. The number of carbonyl (C=O) groups excluding carboxylic acids is 2. The Bertz CT molecular complexity index is 956. The fourth-order valence-corrected chi connectivity index (χ4v) is 5.03. The molecule has 1 saturated heterocycles. The van der Waals surface area contributed by atoms with Crippen molar-refractivity contribution in [3.8, 4) is 0 Å². The van der Waals surface area contributed by atoms with Crippen molar-refractivity contribution in [2.75, 3.05) is 13.1 Å². The molecule has 156 valence electrons. The molecule has 0 bridgehead atoms. The van der Waals surface area contributed by atoms with Crippen molar-refractivity contribution in [3.05, 3.63) is 54.0 Å². The number of rotatable bonds is 7. The summed E-state index contributed by atoms with van der Waals surface area (Å²) in [6.07, 6.45) is 4.18. The highest BCUT2D eigenvalue weighted by Gasteiger charge is 2.31. The number of nitrogens with one attached hydrogen (secondary N) is 2. The van der Waals surface area contributed by atoms with Crippen LogP contribution in [0, 0.1) is 0 Å². The lowest BCUT2D eigenvalue weighted by Crippen LogP contribution is -2.42. The summed E-state index contributed by atoms with van der Waals surface area (Å²) in [5.41, 5.74) is 0.189. The molecule has 2 aromatic rings. The Morgan fingerprint density at radius 1 is 1.17 bits per heavy atom. The molecular weight excluding hydrogens is 394 g/mol. The third-order valence-electron chi connectivity index (χ3n) is 4.89. The van der Waals surface area contributed by atoms with Crippen LogP contribution in [0.2, 0.25) is 0 Å². The summed E-state index contributed by atoms with van der Waals surface area (Å²) in [4.78, 5) is 24.3. The van der Waals surface area contributed by atoms with Crippen molar-refractivity contribution in [1.29, 1.82) is 0 Å². The molecule has 1 aromatic carbocycles. The molecule has 29 heavy (non-hydrogen) atoms. The molecule has 1 aliphatic rings. The lowest BCUT2D eigenvalue weighted by molar-refractivity contribution is -0.120. The zero-order valence-corrected chi connectivity index (χ0v) is 17.1. The second-order valence-corrected chi connectivity index (χ2v) is 8.92. The summed E-state index contributed by atoms with van der Waals surface area (Å²) in [7, 11) is -3.67. The van der Waals surface area contributed by atoms with Gasteiger partial charge in [-0.1, -0.05) is 12.5 Å². The standard InChI is InChI=1S/C20H25N3O5S/c1-15-6-2-3-10-23(15)29(26,27)18-9-4-7-16(12-18)20(25)22-14-19(24)21-13-17-8-5-11-28-17/h4-5,7-9,11-12,15H,2-3,6,10,13-14H2,1H3,(H,21,24)(H,22,25)/t15-/m1/s1. The monoisotopic (exact) mass is 419 g/mol. The second-order valence-electron chi connectivity index (χ2n) is 7.03. The molecule has 2 amide bonds. The molecule has 3 rings (SSSR count). The SMILES string of the molecule is C[C@@H]1CCCCN1S(=O)(=O)c1cccc(C(=O)NCC(=O)NCc2ccco2)c1. The van der Waals surface area contributed by atoms with Crippen LogP contribution in [0.3, 0.4) is 0 Å². The van der Waals surface area contributed by atoms with Crippen LogP contribution in [0.4, 0.5) is 0 Å². The maximum absolute atomic E-state index is 13.0. The van der Waals surface area contributed by atoms with E-state index in [1.165, 1.54) is 34.8 Å². The van der Waals surface area contributed by atoms with Gasteiger partial charge in [0.05, 0.1) is 24.2 Å². The first-order valence-corrected chi connectivity index (χ1v) is 11.0. The molecular formula is C20H25N3O5S. The van der Waals surface area contributed by atoms with Crippen LogP contribution in [-0.2, 0) is 21.4 Å². The molecule has 1 aromatic heterocycles. The maximum atomic E-state index is 13.0. The van der Waals surface area contributed by atoms with E-state index < -0.39 is 15.9 Å². The van der Waals surface area contributed by atoms with E-state index in [4.69, 9.17) is 4.42 Å². The van der Waals surface area contributed by atoms with Crippen LogP contribution in [-0.4, -0.2) is 43.7 Å². The third-order valence-corrected chi connectivity index (χ3v) is 6.90. The van der Waals surface area contributed by atoms with Crippen molar-refractivity contribution in [2.45, 2.75) is 43.7 Å². The van der Waals surface area contributed by atoms with Gasteiger partial charge < -0.3 is 15.1 Å². The second kappa shape index (κ2) is 9.23. The first kappa shape index (κ1) is 21.1. The van der Waals surface area contributed by atoms with Crippen molar-refractivity contribution in [3.63, 3.8) is 0 Å². The number of piperidine rings is 1. The van der Waals surface area contributed by atoms with Gasteiger partial charge in [0.15, 0.2) is 0 Å². The van der Waals surface area contributed by atoms with Gasteiger partial charge in [-0.3, -0.25) is 9.59 Å². The normalized spacial score (nSPS) is 17.6. The van der Waals surface area contributed by atoms with E-state index >= 15 is 0 Å².